The Labute approximate surface area is 110 Å². The van der Waals surface area contributed by atoms with Crippen LogP contribution < -0.4 is 0 Å². The Balaban J connectivity index is 2.99. The number of phenols is 1. The molecule has 1 aromatic carbocycles. The Bertz CT molecular complexity index is 475. The summed E-state index contributed by atoms with van der Waals surface area (Å²) in [7, 11) is 0. The average Bonchev–Trinajstić information content (AvgIpc) is 2.32. The van der Waals surface area contributed by atoms with Gasteiger partial charge in [0.1, 0.15) is 5.75 Å². The van der Waals surface area contributed by atoms with Gasteiger partial charge in [0, 0.05) is 12.1 Å². The van der Waals surface area contributed by atoms with Gasteiger partial charge in [-0.1, -0.05) is 11.6 Å². The number of hydrogen-bond acceptors (Lipinski definition) is 3. The van der Waals surface area contributed by atoms with E-state index < -0.39 is 12.1 Å². The Morgan fingerprint density at radius 1 is 1.44 bits per heavy atom. The summed E-state index contributed by atoms with van der Waals surface area (Å²) in [4.78, 5) is 24.0. The quantitative estimate of drug-likeness (QED) is 0.825. The van der Waals surface area contributed by atoms with Crippen molar-refractivity contribution in [2.24, 2.45) is 0 Å². The molecule has 0 aliphatic heterocycles. The summed E-state index contributed by atoms with van der Waals surface area (Å²) in [5.41, 5.74) is 0.269. The molecule has 0 saturated heterocycles. The van der Waals surface area contributed by atoms with Gasteiger partial charge in [-0.2, -0.15) is 0 Å². The first-order valence-corrected chi connectivity index (χ1v) is 5.78. The highest BCUT2D eigenvalue weighted by molar-refractivity contribution is 6.32. The monoisotopic (exact) mass is 271 g/mol. The molecule has 0 heterocycles. The van der Waals surface area contributed by atoms with Crippen molar-refractivity contribution in [3.63, 3.8) is 0 Å². The van der Waals surface area contributed by atoms with E-state index in [1.165, 1.54) is 25.1 Å². The lowest BCUT2D eigenvalue weighted by Gasteiger charge is -2.23. The molecule has 1 unspecified atom stereocenters. The summed E-state index contributed by atoms with van der Waals surface area (Å²) >= 11 is 5.71. The predicted octanol–water partition coefficient (Wildman–Crippen LogP) is 2.62. The fraction of sp³-hybridized carbons (Fsp3) is 0.333. The van der Waals surface area contributed by atoms with Crippen LogP contribution in [0.5, 0.6) is 5.75 Å². The number of ketones is 1. The van der Waals surface area contributed by atoms with Crippen molar-refractivity contribution in [3.8, 4) is 5.75 Å². The van der Waals surface area contributed by atoms with Crippen molar-refractivity contribution in [1.82, 2.24) is 4.90 Å². The second kappa shape index (κ2) is 5.73. The topological polar surface area (TPSA) is 77.8 Å². The molecule has 1 amide bonds. The highest BCUT2D eigenvalue weighted by Crippen LogP contribution is 2.24. The van der Waals surface area contributed by atoms with Gasteiger partial charge in [0.05, 0.1) is 11.1 Å². The first-order chi connectivity index (χ1) is 8.38. The van der Waals surface area contributed by atoms with E-state index in [0.717, 1.165) is 4.90 Å². The van der Waals surface area contributed by atoms with E-state index in [1.54, 1.807) is 6.92 Å². The number of rotatable bonds is 4. The number of halogens is 1. The maximum Gasteiger partial charge on any atom is 0.407 e. The zero-order chi connectivity index (χ0) is 13.9. The number of hydrogen-bond donors (Lipinski definition) is 2. The zero-order valence-corrected chi connectivity index (χ0v) is 10.8. The van der Waals surface area contributed by atoms with Gasteiger partial charge >= 0.3 is 6.09 Å². The van der Waals surface area contributed by atoms with Gasteiger partial charge in [-0.05, 0) is 32.0 Å². The predicted molar refractivity (Wildman–Crippen MR) is 67.3 cm³/mol. The Kier molecular flexibility index (Phi) is 4.55. The molecule has 0 spiro atoms. The number of benzene rings is 1. The Hall–Kier alpha value is -1.75. The average molecular weight is 272 g/mol. The molecule has 18 heavy (non-hydrogen) atoms. The molecule has 0 aromatic heterocycles. The van der Waals surface area contributed by atoms with Gasteiger partial charge in [-0.3, -0.25) is 9.69 Å². The molecule has 2 N–H and O–H groups in total. The number of carboxylic acid groups (broad SMARTS) is 1. The van der Waals surface area contributed by atoms with Gasteiger partial charge in [0.25, 0.3) is 0 Å². The number of carbonyl (C=O) groups is 2. The lowest BCUT2D eigenvalue weighted by atomic mass is 10.0. The minimum Gasteiger partial charge on any atom is -0.506 e. The summed E-state index contributed by atoms with van der Waals surface area (Å²) in [6.45, 7) is 3.39. The molecule has 0 aliphatic carbocycles. The van der Waals surface area contributed by atoms with Crippen LogP contribution in [0, 0.1) is 0 Å². The second-order valence-corrected chi connectivity index (χ2v) is 4.18. The van der Waals surface area contributed by atoms with Crippen LogP contribution >= 0.6 is 11.6 Å². The van der Waals surface area contributed by atoms with E-state index in [-0.39, 0.29) is 28.7 Å². The zero-order valence-electron chi connectivity index (χ0n) is 10.1. The maximum absolute atomic E-state index is 12.1. The van der Waals surface area contributed by atoms with Gasteiger partial charge in [-0.25, -0.2) is 4.79 Å². The van der Waals surface area contributed by atoms with Crippen molar-refractivity contribution in [1.29, 1.82) is 0 Å². The van der Waals surface area contributed by atoms with Crippen molar-refractivity contribution >= 4 is 23.5 Å². The first kappa shape index (κ1) is 14.3. The normalized spacial score (nSPS) is 11.9. The van der Waals surface area contributed by atoms with Crippen LogP contribution in [0.4, 0.5) is 4.79 Å². The van der Waals surface area contributed by atoms with Crippen LogP contribution in [-0.4, -0.2) is 39.6 Å². The van der Waals surface area contributed by atoms with Gasteiger partial charge in [-0.15, -0.1) is 0 Å². The number of Topliss-reactive ketones (excluding diaryl/α,β-unsaturated/α-hetero) is 1. The number of aromatic hydroxyl groups is 1. The summed E-state index contributed by atoms with van der Waals surface area (Å²) in [6.07, 6.45) is -1.15. The third-order valence-electron chi connectivity index (χ3n) is 2.67. The van der Waals surface area contributed by atoms with E-state index in [1.807, 2.05) is 0 Å². The number of nitrogens with zero attached hydrogens (tertiary/aromatic N) is 1. The maximum atomic E-state index is 12.1. The molecule has 6 heteroatoms. The third kappa shape index (κ3) is 2.92. The van der Waals surface area contributed by atoms with Crippen molar-refractivity contribution in [2.75, 3.05) is 6.54 Å². The van der Waals surface area contributed by atoms with E-state index in [9.17, 15) is 14.7 Å². The summed E-state index contributed by atoms with van der Waals surface area (Å²) < 4.78 is 0. The number of phenolic OH excluding ortho intramolecular Hbond substituents is 1. The fourth-order valence-corrected chi connectivity index (χ4v) is 1.80. The molecule has 5 nitrogen and oxygen atoms in total. The second-order valence-electron chi connectivity index (χ2n) is 3.78. The molecular weight excluding hydrogens is 258 g/mol. The smallest absolute Gasteiger partial charge is 0.407 e. The molecule has 0 saturated carbocycles. The van der Waals surface area contributed by atoms with Gasteiger partial charge in [0.15, 0.2) is 5.78 Å². The molecule has 98 valence electrons. The summed E-state index contributed by atoms with van der Waals surface area (Å²) in [5.74, 6) is -0.479. The molecular formula is C12H14ClNO4. The van der Waals surface area contributed by atoms with Crippen LogP contribution in [-0.2, 0) is 0 Å². The highest BCUT2D eigenvalue weighted by atomic mass is 35.5. The summed E-state index contributed by atoms with van der Waals surface area (Å²) in [5, 5.41) is 18.3. The van der Waals surface area contributed by atoms with Gasteiger partial charge in [0.2, 0.25) is 0 Å². The lowest BCUT2D eigenvalue weighted by molar-refractivity contribution is 0.0816. The molecule has 0 bridgehead atoms. The SMILES string of the molecule is CCN(C(=O)O)C(C)C(=O)c1ccc(O)c(Cl)c1. The lowest BCUT2D eigenvalue weighted by Crippen LogP contribution is -2.42. The van der Waals surface area contributed by atoms with E-state index in [4.69, 9.17) is 16.7 Å². The fourth-order valence-electron chi connectivity index (χ4n) is 1.62. The third-order valence-corrected chi connectivity index (χ3v) is 2.97. The molecule has 0 aliphatic rings. The van der Waals surface area contributed by atoms with Crippen molar-refractivity contribution < 1.29 is 19.8 Å². The van der Waals surface area contributed by atoms with E-state index in [2.05, 4.69) is 0 Å². The minimum atomic E-state index is -1.15. The van der Waals surface area contributed by atoms with Crippen molar-refractivity contribution in [2.45, 2.75) is 19.9 Å². The highest BCUT2D eigenvalue weighted by Gasteiger charge is 2.25. The standard InChI is InChI=1S/C12H14ClNO4/c1-3-14(12(17)18)7(2)11(16)8-4-5-10(15)9(13)6-8/h4-7,15H,3H2,1-2H3,(H,17,18). The number of amides is 1. The van der Waals surface area contributed by atoms with Crippen LogP contribution in [0.3, 0.4) is 0 Å². The molecule has 1 aromatic rings. The van der Waals surface area contributed by atoms with Crippen LogP contribution in [0.2, 0.25) is 5.02 Å². The van der Waals surface area contributed by atoms with Crippen LogP contribution in [0.1, 0.15) is 24.2 Å². The van der Waals surface area contributed by atoms with E-state index in [0.29, 0.717) is 0 Å². The van der Waals surface area contributed by atoms with E-state index >= 15 is 0 Å². The molecule has 0 radical (unpaired) electrons. The summed E-state index contributed by atoms with van der Waals surface area (Å²) in [6, 6.07) is 3.24. The Morgan fingerprint density at radius 3 is 2.50 bits per heavy atom. The van der Waals surface area contributed by atoms with Crippen molar-refractivity contribution in [3.05, 3.63) is 28.8 Å². The van der Waals surface area contributed by atoms with Gasteiger partial charge < -0.3 is 10.2 Å². The Morgan fingerprint density at radius 2 is 2.06 bits per heavy atom. The molecule has 0 fully saturated rings. The molecule has 1 atom stereocenters. The first-order valence-electron chi connectivity index (χ1n) is 5.40. The number of likely N-dealkylation sites (N-methyl/N-ethyl adjacent to an activating group) is 1. The largest absolute Gasteiger partial charge is 0.506 e. The minimum absolute atomic E-state index is 0.0615. The van der Waals surface area contributed by atoms with Crippen LogP contribution in [0.25, 0.3) is 0 Å². The number of carbonyl (C=O) groups excluding carboxylic acids is 1. The van der Waals surface area contributed by atoms with Crippen LogP contribution in [0.15, 0.2) is 18.2 Å². The molecule has 1 rings (SSSR count).